The zero-order valence-corrected chi connectivity index (χ0v) is 11.2. The maximum Gasteiger partial charge on any atom is 0.336 e. The number of carboxylic acid groups (broad SMARTS) is 1. The number of aryl methyl sites for hydroxylation is 1. The predicted octanol–water partition coefficient (Wildman–Crippen LogP) is 2.42. The molecule has 1 aromatic carbocycles. The first-order valence-electron chi connectivity index (χ1n) is 5.92. The van der Waals surface area contributed by atoms with Gasteiger partial charge >= 0.3 is 5.97 Å². The quantitative estimate of drug-likeness (QED) is 0.891. The minimum Gasteiger partial charge on any atom is -0.478 e. The van der Waals surface area contributed by atoms with E-state index >= 15 is 0 Å². The smallest absolute Gasteiger partial charge is 0.336 e. The second-order valence-electron chi connectivity index (χ2n) is 4.93. The molecule has 1 rings (SSSR count). The number of amides is 1. The van der Waals surface area contributed by atoms with Crippen LogP contribution in [0.25, 0.3) is 0 Å². The Morgan fingerprint density at radius 3 is 2.39 bits per heavy atom. The number of nitrogens with zero attached hydrogens (tertiary/aromatic N) is 1. The molecule has 1 N–H and O–H groups in total. The van der Waals surface area contributed by atoms with Crippen LogP contribution in [0.5, 0.6) is 0 Å². The van der Waals surface area contributed by atoms with Gasteiger partial charge in [0.1, 0.15) is 0 Å². The summed E-state index contributed by atoms with van der Waals surface area (Å²) in [6, 6.07) is 4.86. The third-order valence-corrected chi connectivity index (χ3v) is 2.62. The molecular formula is C14H19NO3. The lowest BCUT2D eigenvalue weighted by Crippen LogP contribution is -2.31. The highest BCUT2D eigenvalue weighted by Crippen LogP contribution is 2.14. The summed E-state index contributed by atoms with van der Waals surface area (Å²) in [4.78, 5) is 24.9. The lowest BCUT2D eigenvalue weighted by Gasteiger charge is -2.20. The van der Waals surface area contributed by atoms with Crippen molar-refractivity contribution in [3.63, 3.8) is 0 Å². The number of carbonyl (C=O) groups is 2. The Morgan fingerprint density at radius 2 is 1.89 bits per heavy atom. The zero-order chi connectivity index (χ0) is 13.9. The monoisotopic (exact) mass is 249 g/mol. The Morgan fingerprint density at radius 1 is 1.28 bits per heavy atom. The van der Waals surface area contributed by atoms with Gasteiger partial charge in [-0.2, -0.15) is 0 Å². The molecule has 0 atom stereocenters. The van der Waals surface area contributed by atoms with Crippen LogP contribution in [0.3, 0.4) is 0 Å². The fraction of sp³-hybridized carbons (Fsp3) is 0.429. The van der Waals surface area contributed by atoms with E-state index in [1.807, 2.05) is 13.8 Å². The van der Waals surface area contributed by atoms with Gasteiger partial charge in [0.2, 0.25) is 0 Å². The molecule has 1 aromatic rings. The number of carbonyl (C=O) groups excluding carboxylic acids is 1. The van der Waals surface area contributed by atoms with Gasteiger partial charge in [-0.1, -0.05) is 25.5 Å². The van der Waals surface area contributed by atoms with E-state index in [1.54, 1.807) is 31.0 Å². The molecule has 98 valence electrons. The van der Waals surface area contributed by atoms with Crippen LogP contribution in [0.4, 0.5) is 0 Å². The van der Waals surface area contributed by atoms with E-state index in [2.05, 4.69) is 0 Å². The third-order valence-electron chi connectivity index (χ3n) is 2.62. The molecule has 18 heavy (non-hydrogen) atoms. The minimum absolute atomic E-state index is 0.0654. The van der Waals surface area contributed by atoms with Gasteiger partial charge in [0.05, 0.1) is 11.1 Å². The number of hydrogen-bond donors (Lipinski definition) is 1. The number of hydrogen-bond acceptors (Lipinski definition) is 2. The van der Waals surface area contributed by atoms with Gasteiger partial charge < -0.3 is 10.0 Å². The second-order valence-corrected chi connectivity index (χ2v) is 4.93. The van der Waals surface area contributed by atoms with E-state index in [0.29, 0.717) is 12.5 Å². The molecule has 0 saturated heterocycles. The normalized spacial score (nSPS) is 10.5. The molecule has 0 aromatic heterocycles. The van der Waals surface area contributed by atoms with Gasteiger partial charge in [-0.3, -0.25) is 4.79 Å². The Bertz CT molecular complexity index is 466. The van der Waals surface area contributed by atoms with Crippen LogP contribution in [-0.4, -0.2) is 35.5 Å². The Labute approximate surface area is 107 Å². The van der Waals surface area contributed by atoms with Crippen LogP contribution in [0.15, 0.2) is 18.2 Å². The second kappa shape index (κ2) is 5.67. The molecule has 1 amide bonds. The number of carboxylic acids is 1. The van der Waals surface area contributed by atoms with Crippen molar-refractivity contribution >= 4 is 11.9 Å². The maximum absolute atomic E-state index is 12.2. The fourth-order valence-electron chi connectivity index (χ4n) is 1.86. The van der Waals surface area contributed by atoms with Crippen LogP contribution in [0.1, 0.15) is 40.1 Å². The molecule has 0 aliphatic heterocycles. The summed E-state index contributed by atoms with van der Waals surface area (Å²) in [7, 11) is 1.69. The summed E-state index contributed by atoms with van der Waals surface area (Å²) in [5.41, 5.74) is 1.14. The number of rotatable bonds is 4. The highest BCUT2D eigenvalue weighted by Gasteiger charge is 2.20. The summed E-state index contributed by atoms with van der Waals surface area (Å²) in [6.07, 6.45) is 0. The minimum atomic E-state index is -1.07. The molecule has 0 radical (unpaired) electrons. The fourth-order valence-corrected chi connectivity index (χ4v) is 1.86. The van der Waals surface area contributed by atoms with E-state index in [0.717, 1.165) is 5.56 Å². The SMILES string of the molecule is Cc1ccc(C(=O)N(C)CC(C)C)c(C(=O)O)c1. The van der Waals surface area contributed by atoms with Crippen LogP contribution < -0.4 is 0 Å². The Balaban J connectivity index is 3.09. The van der Waals surface area contributed by atoms with E-state index in [4.69, 9.17) is 5.11 Å². The van der Waals surface area contributed by atoms with Crippen LogP contribution >= 0.6 is 0 Å². The molecule has 0 heterocycles. The van der Waals surface area contributed by atoms with Crippen molar-refractivity contribution in [2.24, 2.45) is 5.92 Å². The standard InChI is InChI=1S/C14H19NO3/c1-9(2)8-15(4)13(16)11-6-5-10(3)7-12(11)14(17)18/h5-7,9H,8H2,1-4H3,(H,17,18). The molecule has 4 heteroatoms. The van der Waals surface area contributed by atoms with Crippen molar-refractivity contribution in [2.75, 3.05) is 13.6 Å². The largest absolute Gasteiger partial charge is 0.478 e. The highest BCUT2D eigenvalue weighted by atomic mass is 16.4. The summed E-state index contributed by atoms with van der Waals surface area (Å²) in [5.74, 6) is -0.973. The zero-order valence-electron chi connectivity index (χ0n) is 11.2. The molecule has 0 saturated carbocycles. The van der Waals surface area contributed by atoms with Crippen molar-refractivity contribution in [3.05, 3.63) is 34.9 Å². The lowest BCUT2D eigenvalue weighted by atomic mass is 10.0. The third kappa shape index (κ3) is 3.32. The van der Waals surface area contributed by atoms with E-state index in [-0.39, 0.29) is 17.0 Å². The average molecular weight is 249 g/mol. The van der Waals surface area contributed by atoms with Crippen LogP contribution in [0.2, 0.25) is 0 Å². The Hall–Kier alpha value is -1.84. The van der Waals surface area contributed by atoms with Gasteiger partial charge in [0.15, 0.2) is 0 Å². The molecule has 0 aliphatic carbocycles. The molecule has 0 spiro atoms. The summed E-state index contributed by atoms with van der Waals surface area (Å²) >= 11 is 0. The average Bonchev–Trinajstić information content (AvgIpc) is 2.26. The van der Waals surface area contributed by atoms with E-state index < -0.39 is 5.97 Å². The number of benzene rings is 1. The molecule has 0 bridgehead atoms. The molecule has 0 unspecified atom stereocenters. The first kappa shape index (κ1) is 14.2. The van der Waals surface area contributed by atoms with Gasteiger partial charge in [-0.05, 0) is 25.0 Å². The van der Waals surface area contributed by atoms with Crippen molar-refractivity contribution in [1.82, 2.24) is 4.90 Å². The topological polar surface area (TPSA) is 57.6 Å². The van der Waals surface area contributed by atoms with Gasteiger partial charge in [-0.25, -0.2) is 4.79 Å². The molecule has 4 nitrogen and oxygen atoms in total. The summed E-state index contributed by atoms with van der Waals surface area (Å²) in [6.45, 7) is 6.43. The highest BCUT2D eigenvalue weighted by molar-refractivity contribution is 6.04. The van der Waals surface area contributed by atoms with Crippen molar-refractivity contribution in [3.8, 4) is 0 Å². The van der Waals surface area contributed by atoms with Gasteiger partial charge in [0, 0.05) is 13.6 Å². The molecule has 0 aliphatic rings. The predicted molar refractivity (Wildman–Crippen MR) is 69.9 cm³/mol. The van der Waals surface area contributed by atoms with E-state index in [9.17, 15) is 9.59 Å². The maximum atomic E-state index is 12.2. The van der Waals surface area contributed by atoms with Crippen LogP contribution in [-0.2, 0) is 0 Å². The van der Waals surface area contributed by atoms with Gasteiger partial charge in [0.25, 0.3) is 5.91 Å². The van der Waals surface area contributed by atoms with Gasteiger partial charge in [-0.15, -0.1) is 0 Å². The van der Waals surface area contributed by atoms with Crippen molar-refractivity contribution in [1.29, 1.82) is 0 Å². The summed E-state index contributed by atoms with van der Waals surface area (Å²) < 4.78 is 0. The number of aromatic carboxylic acids is 1. The molecular weight excluding hydrogens is 230 g/mol. The van der Waals surface area contributed by atoms with Crippen LogP contribution in [0, 0.1) is 12.8 Å². The lowest BCUT2D eigenvalue weighted by molar-refractivity contribution is 0.0679. The Kier molecular flexibility index (Phi) is 4.48. The van der Waals surface area contributed by atoms with E-state index in [1.165, 1.54) is 6.07 Å². The first-order valence-corrected chi connectivity index (χ1v) is 5.92. The van der Waals surface area contributed by atoms with Crippen molar-refractivity contribution in [2.45, 2.75) is 20.8 Å². The van der Waals surface area contributed by atoms with Crippen molar-refractivity contribution < 1.29 is 14.7 Å². The first-order chi connectivity index (χ1) is 8.32. The summed E-state index contributed by atoms with van der Waals surface area (Å²) in [5, 5.41) is 9.13. The molecule has 0 fully saturated rings.